The summed E-state index contributed by atoms with van der Waals surface area (Å²) in [6, 6.07) is 8.63. The molecule has 0 amide bonds. The first-order chi connectivity index (χ1) is 9.22. The second-order valence-electron chi connectivity index (χ2n) is 7.48. The van der Waals surface area contributed by atoms with Crippen LogP contribution in [0.3, 0.4) is 0 Å². The minimum atomic E-state index is -1.68. The largest absolute Gasteiger partial charge is 0.413 e. The number of hydrogen-bond donors (Lipinski definition) is 0. The molecule has 0 saturated heterocycles. The quantitative estimate of drug-likeness (QED) is 0.595. The molecule has 20 heavy (non-hydrogen) atoms. The second-order valence-corrected chi connectivity index (χ2v) is 13.1. The summed E-state index contributed by atoms with van der Waals surface area (Å²) in [5.41, 5.74) is 1.42. The van der Waals surface area contributed by atoms with Crippen molar-refractivity contribution in [1.82, 2.24) is 0 Å². The lowest BCUT2D eigenvalue weighted by atomic mass is 9.96. The van der Waals surface area contributed by atoms with Gasteiger partial charge in [0.05, 0.1) is 6.10 Å². The zero-order valence-corrected chi connectivity index (χ0v) is 16.0. The van der Waals surface area contributed by atoms with E-state index in [-0.39, 0.29) is 5.04 Å². The van der Waals surface area contributed by atoms with Crippen LogP contribution in [0, 0.1) is 0 Å². The molecule has 1 nitrogen and oxygen atoms in total. The minimum Gasteiger partial charge on any atom is -0.413 e. The summed E-state index contributed by atoms with van der Waals surface area (Å²) in [5, 5.41) is 0.286. The van der Waals surface area contributed by atoms with E-state index in [0.717, 1.165) is 0 Å². The van der Waals surface area contributed by atoms with Gasteiger partial charge in [0, 0.05) is 10.4 Å². The number of rotatable bonds is 3. The van der Waals surface area contributed by atoms with Crippen LogP contribution in [-0.4, -0.2) is 14.4 Å². The van der Waals surface area contributed by atoms with E-state index in [4.69, 9.17) is 4.43 Å². The molecule has 1 aliphatic rings. The van der Waals surface area contributed by atoms with Crippen molar-refractivity contribution < 1.29 is 4.43 Å². The Balaban J connectivity index is 2.19. The first-order valence-corrected chi connectivity index (χ1v) is 11.3. The van der Waals surface area contributed by atoms with Crippen molar-refractivity contribution in [2.75, 3.05) is 0 Å². The molecule has 0 heterocycles. The third-order valence-electron chi connectivity index (χ3n) is 5.01. The maximum absolute atomic E-state index is 6.70. The fourth-order valence-electron chi connectivity index (χ4n) is 2.75. The molecular formula is C17H27BrOSi. The summed E-state index contributed by atoms with van der Waals surface area (Å²) in [6.07, 6.45) is 4.14. The lowest BCUT2D eigenvalue weighted by Crippen LogP contribution is -2.44. The molecule has 1 aromatic rings. The minimum absolute atomic E-state index is 0.286. The molecule has 0 N–H and O–H groups in total. The molecule has 0 radical (unpaired) electrons. The van der Waals surface area contributed by atoms with E-state index in [1.165, 1.54) is 29.3 Å². The van der Waals surface area contributed by atoms with E-state index in [9.17, 15) is 0 Å². The van der Waals surface area contributed by atoms with Gasteiger partial charge < -0.3 is 4.43 Å². The van der Waals surface area contributed by atoms with Gasteiger partial charge in [0.2, 0.25) is 0 Å². The van der Waals surface area contributed by atoms with Gasteiger partial charge in [-0.1, -0.05) is 61.3 Å². The van der Waals surface area contributed by atoms with Gasteiger partial charge in [-0.25, -0.2) is 0 Å². The van der Waals surface area contributed by atoms with Gasteiger partial charge >= 0.3 is 0 Å². The molecule has 1 aliphatic carbocycles. The molecule has 2 atom stereocenters. The molecule has 112 valence electrons. The summed E-state index contributed by atoms with van der Waals surface area (Å²) in [7, 11) is -1.68. The topological polar surface area (TPSA) is 9.23 Å². The Hall–Kier alpha value is -0.123. The molecule has 0 aliphatic heterocycles. The number of halogens is 1. The highest BCUT2D eigenvalue weighted by Crippen LogP contribution is 2.44. The highest BCUT2D eigenvalue weighted by atomic mass is 79.9. The fraction of sp³-hybridized carbons (Fsp3) is 0.647. The first kappa shape index (κ1) is 16.3. The predicted molar refractivity (Wildman–Crippen MR) is 92.8 cm³/mol. The Labute approximate surface area is 133 Å². The lowest BCUT2D eigenvalue weighted by molar-refractivity contribution is 0.170. The summed E-state index contributed by atoms with van der Waals surface area (Å²) in [6.45, 7) is 11.7. The molecule has 0 bridgehead atoms. The van der Waals surface area contributed by atoms with E-state index in [1.54, 1.807) is 0 Å². The molecule has 0 aromatic heterocycles. The zero-order valence-electron chi connectivity index (χ0n) is 13.4. The van der Waals surface area contributed by atoms with Crippen LogP contribution in [0.2, 0.25) is 18.1 Å². The van der Waals surface area contributed by atoms with Gasteiger partial charge in [-0.15, -0.1) is 0 Å². The van der Waals surface area contributed by atoms with Crippen molar-refractivity contribution in [3.05, 3.63) is 34.3 Å². The average molecular weight is 355 g/mol. The van der Waals surface area contributed by atoms with Crippen LogP contribution in [0.1, 0.15) is 51.5 Å². The maximum Gasteiger partial charge on any atom is 0.192 e. The molecule has 0 spiro atoms. The monoisotopic (exact) mass is 354 g/mol. The molecule has 2 rings (SSSR count). The summed E-state index contributed by atoms with van der Waals surface area (Å²) in [4.78, 5) is 0. The molecule has 1 saturated carbocycles. The SMILES string of the molecule is CC(C)(C)[Si](C)(C)OC1CCCC1c1ccccc1Br. The Morgan fingerprint density at radius 2 is 1.80 bits per heavy atom. The van der Waals surface area contributed by atoms with Crippen LogP contribution < -0.4 is 0 Å². The van der Waals surface area contributed by atoms with Gasteiger partial charge in [0.25, 0.3) is 0 Å². The molecule has 1 fully saturated rings. The van der Waals surface area contributed by atoms with Gasteiger partial charge in [0.1, 0.15) is 0 Å². The van der Waals surface area contributed by atoms with E-state index in [1.807, 2.05) is 0 Å². The fourth-order valence-corrected chi connectivity index (χ4v) is 4.73. The van der Waals surface area contributed by atoms with E-state index >= 15 is 0 Å². The Bertz CT molecular complexity index is 464. The van der Waals surface area contributed by atoms with Gasteiger partial charge in [-0.05, 0) is 42.6 Å². The van der Waals surface area contributed by atoms with Crippen molar-refractivity contribution in [3.8, 4) is 0 Å². The Kier molecular flexibility index (Phi) is 4.82. The Morgan fingerprint density at radius 1 is 1.15 bits per heavy atom. The van der Waals surface area contributed by atoms with Crippen LogP contribution in [0.4, 0.5) is 0 Å². The third kappa shape index (κ3) is 3.37. The van der Waals surface area contributed by atoms with Crippen LogP contribution in [0.25, 0.3) is 0 Å². The molecule has 1 aromatic carbocycles. The van der Waals surface area contributed by atoms with Gasteiger partial charge in [-0.3, -0.25) is 0 Å². The third-order valence-corrected chi connectivity index (χ3v) is 10.2. The van der Waals surface area contributed by atoms with Crippen molar-refractivity contribution in [2.45, 2.75) is 70.2 Å². The predicted octanol–water partition coefficient (Wildman–Crippen LogP) is 6.11. The van der Waals surface area contributed by atoms with Crippen LogP contribution >= 0.6 is 15.9 Å². The Morgan fingerprint density at radius 3 is 2.40 bits per heavy atom. The van der Waals surface area contributed by atoms with Crippen LogP contribution in [-0.2, 0) is 4.43 Å². The van der Waals surface area contributed by atoms with Crippen molar-refractivity contribution >= 4 is 24.2 Å². The second kappa shape index (κ2) is 5.94. The maximum atomic E-state index is 6.70. The molecule has 3 heteroatoms. The lowest BCUT2D eigenvalue weighted by Gasteiger charge is -2.40. The normalized spacial score (nSPS) is 24.1. The van der Waals surface area contributed by atoms with E-state index in [0.29, 0.717) is 12.0 Å². The number of benzene rings is 1. The smallest absolute Gasteiger partial charge is 0.192 e. The summed E-state index contributed by atoms with van der Waals surface area (Å²) < 4.78 is 7.94. The number of hydrogen-bond acceptors (Lipinski definition) is 1. The summed E-state index contributed by atoms with van der Waals surface area (Å²) >= 11 is 3.71. The molecular weight excluding hydrogens is 328 g/mol. The van der Waals surface area contributed by atoms with Crippen molar-refractivity contribution in [3.63, 3.8) is 0 Å². The van der Waals surface area contributed by atoms with Crippen LogP contribution in [0.15, 0.2) is 28.7 Å². The van der Waals surface area contributed by atoms with E-state index in [2.05, 4.69) is 74.1 Å². The summed E-state index contributed by atoms with van der Waals surface area (Å²) in [5.74, 6) is 0.555. The molecule has 2 unspecified atom stereocenters. The highest BCUT2D eigenvalue weighted by Gasteiger charge is 2.42. The van der Waals surface area contributed by atoms with Crippen molar-refractivity contribution in [2.24, 2.45) is 0 Å². The van der Waals surface area contributed by atoms with Gasteiger partial charge in [0.15, 0.2) is 8.32 Å². The average Bonchev–Trinajstić information content (AvgIpc) is 2.75. The zero-order chi connectivity index (χ0) is 15.0. The van der Waals surface area contributed by atoms with Crippen LogP contribution in [0.5, 0.6) is 0 Å². The standard InChI is InChI=1S/C17H27BrOSi/c1-17(2,3)20(4,5)19-16-12-8-10-14(16)13-9-6-7-11-15(13)18/h6-7,9,11,14,16H,8,10,12H2,1-5H3. The van der Waals surface area contributed by atoms with E-state index < -0.39 is 8.32 Å². The van der Waals surface area contributed by atoms with Gasteiger partial charge in [-0.2, -0.15) is 0 Å². The highest BCUT2D eigenvalue weighted by molar-refractivity contribution is 9.10. The van der Waals surface area contributed by atoms with Crippen molar-refractivity contribution in [1.29, 1.82) is 0 Å². The first-order valence-electron chi connectivity index (χ1n) is 7.64.